The molecule has 0 spiro atoms. The molecule has 150 valence electrons. The van der Waals surface area contributed by atoms with Gasteiger partial charge >= 0.3 is 5.97 Å². The first-order valence-corrected chi connectivity index (χ1v) is 9.50. The van der Waals surface area contributed by atoms with Crippen LogP contribution in [0.2, 0.25) is 0 Å². The highest BCUT2D eigenvalue weighted by Crippen LogP contribution is 2.19. The minimum atomic E-state index is -0.398. The van der Waals surface area contributed by atoms with Gasteiger partial charge in [-0.05, 0) is 43.0 Å². The Morgan fingerprint density at radius 3 is 2.46 bits per heavy atom. The van der Waals surface area contributed by atoms with Crippen molar-refractivity contribution in [2.75, 3.05) is 26.8 Å². The molecule has 1 unspecified atom stereocenters. The van der Waals surface area contributed by atoms with Gasteiger partial charge in [-0.3, -0.25) is 9.59 Å². The summed E-state index contributed by atoms with van der Waals surface area (Å²) in [5.41, 5.74) is 3.20. The molecule has 28 heavy (non-hydrogen) atoms. The van der Waals surface area contributed by atoms with E-state index in [9.17, 15) is 9.59 Å². The lowest BCUT2D eigenvalue weighted by Crippen LogP contribution is -2.41. The van der Waals surface area contributed by atoms with Gasteiger partial charge in [0.25, 0.3) is 5.91 Å². The Kier molecular flexibility index (Phi) is 8.05. The molecule has 1 amide bonds. The fourth-order valence-electron chi connectivity index (χ4n) is 2.93. The highest BCUT2D eigenvalue weighted by Gasteiger charge is 2.22. The summed E-state index contributed by atoms with van der Waals surface area (Å²) >= 11 is 0. The lowest BCUT2D eigenvalue weighted by atomic mass is 10.1. The summed E-state index contributed by atoms with van der Waals surface area (Å²) in [6.45, 7) is 6.45. The summed E-state index contributed by atoms with van der Waals surface area (Å²) in [6, 6.07) is 15.9. The van der Waals surface area contributed by atoms with Crippen LogP contribution in [0, 0.1) is 19.8 Å². The lowest BCUT2D eigenvalue weighted by Gasteiger charge is -2.25. The predicted molar refractivity (Wildman–Crippen MR) is 109 cm³/mol. The zero-order valence-corrected chi connectivity index (χ0v) is 17.1. The van der Waals surface area contributed by atoms with E-state index in [1.165, 1.54) is 7.11 Å². The third-order valence-electron chi connectivity index (χ3n) is 4.66. The highest BCUT2D eigenvalue weighted by molar-refractivity contribution is 5.79. The summed E-state index contributed by atoms with van der Waals surface area (Å²) in [7, 11) is 1.36. The average Bonchev–Trinajstić information content (AvgIpc) is 2.71. The van der Waals surface area contributed by atoms with Gasteiger partial charge in [0.15, 0.2) is 6.61 Å². The van der Waals surface area contributed by atoms with E-state index < -0.39 is 5.92 Å². The SMILES string of the molecule is COC(=O)C(C)CN(CCc1ccccc1)C(=O)COc1cc(C)ccc1C. The average molecular weight is 383 g/mol. The number of carbonyl (C=O) groups is 2. The molecule has 0 bridgehead atoms. The zero-order chi connectivity index (χ0) is 20.5. The first kappa shape index (κ1) is 21.5. The van der Waals surface area contributed by atoms with E-state index in [2.05, 4.69) is 0 Å². The molecule has 5 heteroatoms. The quantitative estimate of drug-likeness (QED) is 0.621. The van der Waals surface area contributed by atoms with Crippen molar-refractivity contribution >= 4 is 11.9 Å². The van der Waals surface area contributed by atoms with Gasteiger partial charge < -0.3 is 14.4 Å². The van der Waals surface area contributed by atoms with E-state index in [0.717, 1.165) is 16.7 Å². The maximum atomic E-state index is 12.8. The van der Waals surface area contributed by atoms with Crippen LogP contribution in [0.3, 0.4) is 0 Å². The van der Waals surface area contributed by atoms with Crippen molar-refractivity contribution in [1.82, 2.24) is 4.90 Å². The summed E-state index contributed by atoms with van der Waals surface area (Å²) in [6.07, 6.45) is 0.712. The largest absolute Gasteiger partial charge is 0.483 e. The maximum Gasteiger partial charge on any atom is 0.310 e. The van der Waals surface area contributed by atoms with Gasteiger partial charge in [-0.25, -0.2) is 0 Å². The predicted octanol–water partition coefficient (Wildman–Crippen LogP) is 3.56. The van der Waals surface area contributed by atoms with Gasteiger partial charge in [0.05, 0.1) is 13.0 Å². The minimum absolute atomic E-state index is 0.0625. The van der Waals surface area contributed by atoms with Gasteiger partial charge in [-0.15, -0.1) is 0 Å². The van der Waals surface area contributed by atoms with Crippen molar-refractivity contribution in [3.05, 3.63) is 65.2 Å². The van der Waals surface area contributed by atoms with Crippen LogP contribution in [0.25, 0.3) is 0 Å². The number of amides is 1. The summed E-state index contributed by atoms with van der Waals surface area (Å²) in [5, 5.41) is 0. The molecule has 0 N–H and O–H groups in total. The van der Waals surface area contributed by atoms with E-state index in [1.807, 2.05) is 62.4 Å². The number of esters is 1. The number of benzene rings is 2. The van der Waals surface area contributed by atoms with Crippen molar-refractivity contribution < 1.29 is 19.1 Å². The van der Waals surface area contributed by atoms with Crippen LogP contribution in [-0.4, -0.2) is 43.6 Å². The normalized spacial score (nSPS) is 11.6. The Morgan fingerprint density at radius 2 is 1.79 bits per heavy atom. The van der Waals surface area contributed by atoms with Crippen LogP contribution in [0.5, 0.6) is 5.75 Å². The number of rotatable bonds is 9. The number of carbonyl (C=O) groups excluding carboxylic acids is 2. The monoisotopic (exact) mass is 383 g/mol. The molecule has 0 fully saturated rings. The molecule has 0 aliphatic heterocycles. The smallest absolute Gasteiger partial charge is 0.310 e. The third kappa shape index (κ3) is 6.41. The van der Waals surface area contributed by atoms with E-state index in [4.69, 9.17) is 9.47 Å². The molecule has 1 atom stereocenters. The van der Waals surface area contributed by atoms with Crippen molar-refractivity contribution in [2.24, 2.45) is 5.92 Å². The van der Waals surface area contributed by atoms with Crippen LogP contribution in [0.15, 0.2) is 48.5 Å². The molecule has 2 rings (SSSR count). The maximum absolute atomic E-state index is 12.8. The molecule has 0 saturated heterocycles. The van der Waals surface area contributed by atoms with Crippen LogP contribution in [0.4, 0.5) is 0 Å². The molecule has 0 aliphatic rings. The molecule has 0 aliphatic carbocycles. The first-order valence-electron chi connectivity index (χ1n) is 9.50. The van der Waals surface area contributed by atoms with Gasteiger partial charge in [-0.2, -0.15) is 0 Å². The third-order valence-corrected chi connectivity index (χ3v) is 4.66. The molecule has 0 aromatic heterocycles. The number of hydrogen-bond donors (Lipinski definition) is 0. The van der Waals surface area contributed by atoms with E-state index in [1.54, 1.807) is 11.8 Å². The fraction of sp³-hybridized carbons (Fsp3) is 0.391. The Hall–Kier alpha value is -2.82. The van der Waals surface area contributed by atoms with Gasteiger partial charge in [0.2, 0.25) is 0 Å². The molecule has 0 radical (unpaired) electrons. The Bertz CT molecular complexity index is 788. The number of aryl methyl sites for hydroxylation is 2. The summed E-state index contributed by atoms with van der Waals surface area (Å²) < 4.78 is 10.6. The van der Waals surface area contributed by atoms with Gasteiger partial charge in [0, 0.05) is 13.1 Å². The van der Waals surface area contributed by atoms with Gasteiger partial charge in [-0.1, -0.05) is 49.4 Å². The molecular weight excluding hydrogens is 354 g/mol. The summed E-state index contributed by atoms with van der Waals surface area (Å²) in [5.74, 6) is -0.164. The van der Waals surface area contributed by atoms with Gasteiger partial charge in [0.1, 0.15) is 5.75 Å². The first-order chi connectivity index (χ1) is 13.4. The molecule has 2 aromatic carbocycles. The topological polar surface area (TPSA) is 55.8 Å². The Balaban J connectivity index is 2.04. The highest BCUT2D eigenvalue weighted by atomic mass is 16.5. The second-order valence-corrected chi connectivity index (χ2v) is 7.06. The van der Waals surface area contributed by atoms with E-state index in [-0.39, 0.29) is 18.5 Å². The number of ether oxygens (including phenoxy) is 2. The molecule has 2 aromatic rings. The number of nitrogens with zero attached hydrogens (tertiary/aromatic N) is 1. The Labute approximate surface area is 167 Å². The second kappa shape index (κ2) is 10.5. The van der Waals surface area contributed by atoms with Crippen molar-refractivity contribution in [2.45, 2.75) is 27.2 Å². The van der Waals surface area contributed by atoms with Crippen LogP contribution < -0.4 is 4.74 Å². The molecule has 0 saturated carbocycles. The molecule has 0 heterocycles. The Morgan fingerprint density at radius 1 is 1.07 bits per heavy atom. The van der Waals surface area contributed by atoms with E-state index >= 15 is 0 Å². The van der Waals surface area contributed by atoms with Crippen molar-refractivity contribution in [3.8, 4) is 5.75 Å². The summed E-state index contributed by atoms with van der Waals surface area (Å²) in [4.78, 5) is 26.3. The van der Waals surface area contributed by atoms with Crippen LogP contribution in [0.1, 0.15) is 23.6 Å². The standard InChI is InChI=1S/C23H29NO4/c1-17-10-11-18(2)21(14-17)28-16-22(25)24(15-19(3)23(26)27-4)13-12-20-8-6-5-7-9-20/h5-11,14,19H,12-13,15-16H2,1-4H3. The molecule has 5 nitrogen and oxygen atoms in total. The van der Waals surface area contributed by atoms with Crippen molar-refractivity contribution in [1.29, 1.82) is 0 Å². The lowest BCUT2D eigenvalue weighted by molar-refractivity contribution is -0.146. The number of methoxy groups -OCH3 is 1. The zero-order valence-electron chi connectivity index (χ0n) is 17.1. The molecular formula is C23H29NO4. The minimum Gasteiger partial charge on any atom is -0.483 e. The fourth-order valence-corrected chi connectivity index (χ4v) is 2.93. The second-order valence-electron chi connectivity index (χ2n) is 7.06. The number of hydrogen-bond acceptors (Lipinski definition) is 4. The van der Waals surface area contributed by atoms with Crippen LogP contribution >= 0.6 is 0 Å². The van der Waals surface area contributed by atoms with Crippen molar-refractivity contribution in [3.63, 3.8) is 0 Å². The van der Waals surface area contributed by atoms with Crippen LogP contribution in [-0.2, 0) is 20.7 Å². The van der Waals surface area contributed by atoms with E-state index in [0.29, 0.717) is 25.3 Å².